The molecule has 0 rings (SSSR count). The number of nitrogens with two attached hydrogens (primary N) is 2. The first-order valence-electron chi connectivity index (χ1n) is 5.27. The quantitative estimate of drug-likeness (QED) is 0.272. The lowest BCUT2D eigenvalue weighted by Crippen LogP contribution is -2.29. The molecule has 0 aliphatic carbocycles. The summed E-state index contributed by atoms with van der Waals surface area (Å²) in [4.78, 5) is 26.8. The Morgan fingerprint density at radius 2 is 1.56 bits per heavy atom. The lowest BCUT2D eigenvalue weighted by molar-refractivity contribution is -0.138. The largest absolute Gasteiger partial charge is 0.480 e. The van der Waals surface area contributed by atoms with Crippen molar-refractivity contribution < 1.29 is 19.5 Å². The van der Waals surface area contributed by atoms with Crippen LogP contribution in [-0.2, 0) is 14.4 Å². The van der Waals surface area contributed by atoms with Crippen LogP contribution in [0.4, 0.5) is 0 Å². The number of carboxylic acid groups (broad SMARTS) is 1. The van der Waals surface area contributed by atoms with Gasteiger partial charge in [0.05, 0.1) is 0 Å². The number of carbonyl (C=O) groups is 1. The average molecular weight is 262 g/mol. The lowest BCUT2D eigenvalue weighted by atomic mass is 10.1. The minimum atomic E-state index is -0.933. The van der Waals surface area contributed by atoms with E-state index in [1.165, 1.54) is 0 Å². The summed E-state index contributed by atoms with van der Waals surface area (Å²) in [6, 6.07) is -0.716. The minimum Gasteiger partial charge on any atom is -0.480 e. The van der Waals surface area contributed by atoms with E-state index in [0.717, 1.165) is 25.0 Å². The summed E-state index contributed by atoms with van der Waals surface area (Å²) in [5.41, 5.74) is 10.4. The molecule has 0 radical (unpaired) electrons. The Morgan fingerprint density at radius 1 is 1.22 bits per heavy atom. The van der Waals surface area contributed by atoms with Gasteiger partial charge in [-0.05, 0) is 19.4 Å². The van der Waals surface area contributed by atoms with Gasteiger partial charge in [0, 0.05) is 0 Å². The lowest BCUT2D eigenvalue weighted by Gasteiger charge is -2.03. The van der Waals surface area contributed by atoms with E-state index in [1.54, 1.807) is 0 Å². The summed E-state index contributed by atoms with van der Waals surface area (Å²) in [6.45, 7) is 4.60. The van der Waals surface area contributed by atoms with Crippen molar-refractivity contribution in [2.24, 2.45) is 11.5 Å². The molecule has 0 aliphatic rings. The van der Waals surface area contributed by atoms with Gasteiger partial charge in [-0.3, -0.25) is 4.79 Å². The molecule has 8 nitrogen and oxygen atoms in total. The predicted molar refractivity (Wildman–Crippen MR) is 66.7 cm³/mol. The maximum absolute atomic E-state index is 10.1. The molecule has 0 amide bonds. The van der Waals surface area contributed by atoms with Crippen LogP contribution in [0.15, 0.2) is 0 Å². The van der Waals surface area contributed by atoms with E-state index in [9.17, 15) is 4.79 Å². The van der Waals surface area contributed by atoms with Crippen LogP contribution in [0.25, 0.3) is 0 Å². The number of unbranched alkanes of at least 4 members (excludes halogenated alkanes) is 1. The van der Waals surface area contributed by atoms with E-state index >= 15 is 0 Å². The second-order valence-corrected chi connectivity index (χ2v) is 2.43. The van der Waals surface area contributed by atoms with E-state index in [1.807, 2.05) is 13.8 Å². The Hall–Kier alpha value is -1.85. The van der Waals surface area contributed by atoms with Crippen molar-refractivity contribution in [1.82, 2.24) is 0 Å². The predicted octanol–water partition coefficient (Wildman–Crippen LogP) is 0.355. The molecule has 18 heavy (non-hydrogen) atoms. The van der Waals surface area contributed by atoms with Crippen LogP contribution in [-0.4, -0.2) is 35.8 Å². The zero-order valence-electron chi connectivity index (χ0n) is 10.7. The Morgan fingerprint density at radius 3 is 1.78 bits per heavy atom. The summed E-state index contributed by atoms with van der Waals surface area (Å²) in [5.74, 6) is -0.933. The highest BCUT2D eigenvalue weighted by Crippen LogP contribution is 1.96. The molecule has 0 aliphatic heterocycles. The minimum absolute atomic E-state index is 0.520. The normalized spacial score (nSPS) is 8.44. The zero-order chi connectivity index (χ0) is 15.4. The number of hydrogen-bond donors (Lipinski definition) is 5. The molecule has 0 fully saturated rings. The van der Waals surface area contributed by atoms with Gasteiger partial charge in [0.15, 0.2) is 0 Å². The van der Waals surface area contributed by atoms with Gasteiger partial charge in [-0.2, -0.15) is 0 Å². The summed E-state index contributed by atoms with van der Waals surface area (Å²) in [5, 5.41) is 19.1. The van der Waals surface area contributed by atoms with Crippen LogP contribution in [0.5, 0.6) is 0 Å². The van der Waals surface area contributed by atoms with Crippen molar-refractivity contribution >= 4 is 18.1 Å². The fourth-order valence-corrected chi connectivity index (χ4v) is 0.632. The number of isocyanates is 2. The molecule has 0 heterocycles. The van der Waals surface area contributed by atoms with Crippen molar-refractivity contribution in [2.75, 3.05) is 6.54 Å². The van der Waals surface area contributed by atoms with E-state index < -0.39 is 12.0 Å². The van der Waals surface area contributed by atoms with Crippen molar-refractivity contribution in [3.63, 3.8) is 0 Å². The van der Waals surface area contributed by atoms with Crippen molar-refractivity contribution in [3.8, 4) is 0 Å². The fourth-order valence-electron chi connectivity index (χ4n) is 0.632. The Bertz CT molecular complexity index is 222. The van der Waals surface area contributed by atoms with E-state index in [4.69, 9.17) is 37.0 Å². The van der Waals surface area contributed by atoms with Gasteiger partial charge in [-0.1, -0.05) is 20.3 Å². The van der Waals surface area contributed by atoms with E-state index in [-0.39, 0.29) is 0 Å². The Labute approximate surface area is 106 Å². The highest BCUT2D eigenvalue weighted by Gasteiger charge is 2.09. The van der Waals surface area contributed by atoms with E-state index in [2.05, 4.69) is 0 Å². The van der Waals surface area contributed by atoms with Gasteiger partial charge in [0.1, 0.15) is 6.04 Å². The van der Waals surface area contributed by atoms with Crippen LogP contribution >= 0.6 is 0 Å². The Kier molecular flexibility index (Phi) is 41.1. The number of nitrogens with one attached hydrogen (secondary N) is 2. The molecular formula is C10H22N4O4. The maximum atomic E-state index is 10.1. The number of carboxylic acids is 1. The number of rotatable bonds is 5. The van der Waals surface area contributed by atoms with Gasteiger partial charge in [-0.15, -0.1) is 0 Å². The molecule has 0 saturated carbocycles. The fraction of sp³-hybridized carbons (Fsp3) is 0.700. The smallest absolute Gasteiger partial charge is 0.320 e. The SMILES string of the molecule is CC.N=C=O.N=C=O.NCCCC[C@H](N)C(=O)O. The standard InChI is InChI=1S/C6H14N2O2.C2H6.2CHNO/c7-4-2-1-3-5(8)6(9)10;1-2;2*2-1-3/h5H,1-4,7-8H2,(H,9,10);1-2H3;2*2H/t5-;;;/m0.../s1. The Balaban J connectivity index is -0.000000102. The van der Waals surface area contributed by atoms with E-state index in [0.29, 0.717) is 13.0 Å². The van der Waals surface area contributed by atoms with Crippen LogP contribution in [0, 0.1) is 10.8 Å². The summed E-state index contributed by atoms with van der Waals surface area (Å²) in [6.07, 6.45) is 3.66. The molecule has 0 saturated heterocycles. The number of aliphatic carboxylic acids is 1. The number of hydrogen-bond acceptors (Lipinski definition) is 7. The van der Waals surface area contributed by atoms with Gasteiger partial charge < -0.3 is 16.6 Å². The third-order valence-corrected chi connectivity index (χ3v) is 1.29. The third kappa shape index (κ3) is 47.9. The van der Waals surface area contributed by atoms with Crippen molar-refractivity contribution in [2.45, 2.75) is 39.2 Å². The van der Waals surface area contributed by atoms with Crippen LogP contribution in [0.3, 0.4) is 0 Å². The molecule has 0 aromatic rings. The molecule has 1 atom stereocenters. The third-order valence-electron chi connectivity index (χ3n) is 1.29. The molecule has 0 unspecified atom stereocenters. The van der Waals surface area contributed by atoms with Crippen molar-refractivity contribution in [1.29, 1.82) is 10.8 Å². The molecule has 8 heteroatoms. The van der Waals surface area contributed by atoms with Gasteiger partial charge in [0.25, 0.3) is 0 Å². The summed E-state index contributed by atoms with van der Waals surface area (Å²) >= 11 is 0. The van der Waals surface area contributed by atoms with Crippen LogP contribution in [0.1, 0.15) is 33.1 Å². The molecule has 0 spiro atoms. The second kappa shape index (κ2) is 29.4. The summed E-state index contributed by atoms with van der Waals surface area (Å²) in [7, 11) is 0. The molecule has 0 bridgehead atoms. The van der Waals surface area contributed by atoms with Crippen LogP contribution in [0.2, 0.25) is 0 Å². The van der Waals surface area contributed by atoms with Gasteiger partial charge >= 0.3 is 5.97 Å². The maximum Gasteiger partial charge on any atom is 0.320 e. The molecule has 0 aromatic heterocycles. The second-order valence-electron chi connectivity index (χ2n) is 2.43. The topological polar surface area (TPSA) is 171 Å². The first-order valence-corrected chi connectivity index (χ1v) is 5.27. The molecular weight excluding hydrogens is 240 g/mol. The average Bonchev–Trinajstić information content (AvgIpc) is 2.33. The van der Waals surface area contributed by atoms with Gasteiger partial charge in [-0.25, -0.2) is 20.4 Å². The van der Waals surface area contributed by atoms with Crippen molar-refractivity contribution in [3.05, 3.63) is 0 Å². The molecule has 0 aromatic carbocycles. The first kappa shape index (κ1) is 25.1. The monoisotopic (exact) mass is 262 g/mol. The number of carbonyl (C=O) groups excluding carboxylic acids is 2. The molecule has 7 N–H and O–H groups in total. The van der Waals surface area contributed by atoms with Gasteiger partial charge in [0.2, 0.25) is 12.2 Å². The highest BCUT2D eigenvalue weighted by atomic mass is 16.4. The first-order chi connectivity index (χ1) is 8.51. The summed E-state index contributed by atoms with van der Waals surface area (Å²) < 4.78 is 0. The van der Waals surface area contributed by atoms with Crippen LogP contribution < -0.4 is 11.5 Å². The molecule has 106 valence electrons. The highest BCUT2D eigenvalue weighted by molar-refractivity contribution is 5.72. The zero-order valence-corrected chi connectivity index (χ0v) is 10.7.